The molecule has 1 rings (SSSR count). The third-order valence-electron chi connectivity index (χ3n) is 3.01. The summed E-state index contributed by atoms with van der Waals surface area (Å²) in [6.45, 7) is 6.85. The smallest absolute Gasteiger partial charge is 0.252 e. The largest absolute Gasteiger partial charge is 0.507 e. The van der Waals surface area contributed by atoms with Crippen LogP contribution >= 0.6 is 11.6 Å². The van der Waals surface area contributed by atoms with Crippen LogP contribution in [0.4, 0.5) is 0 Å². The van der Waals surface area contributed by atoms with Crippen molar-refractivity contribution in [2.24, 2.45) is 5.73 Å². The Morgan fingerprint density at radius 2 is 2.00 bits per heavy atom. The number of benzene rings is 1. The maximum atomic E-state index is 11.2. The molecule has 1 aromatic rings. The molecule has 0 atom stereocenters. The van der Waals surface area contributed by atoms with E-state index in [1.165, 1.54) is 6.07 Å². The number of carbonyl (C=O) groups excluding carboxylic acids is 1. The van der Waals surface area contributed by atoms with Crippen molar-refractivity contribution in [2.75, 3.05) is 19.6 Å². The number of aromatic hydroxyl groups is 1. The number of phenols is 1. The highest BCUT2D eigenvalue weighted by Crippen LogP contribution is 2.27. The predicted octanol–water partition coefficient (Wildman–Crippen LogP) is 2.03. The highest BCUT2D eigenvalue weighted by Gasteiger charge is 2.14. The van der Waals surface area contributed by atoms with Gasteiger partial charge < -0.3 is 15.7 Å². The van der Waals surface area contributed by atoms with E-state index in [0.717, 1.165) is 19.6 Å². The fourth-order valence-corrected chi connectivity index (χ4v) is 2.09. The lowest BCUT2D eigenvalue weighted by Gasteiger charge is -2.18. The molecule has 0 fully saturated rings. The molecule has 0 aliphatic heterocycles. The van der Waals surface area contributed by atoms with Crippen molar-refractivity contribution < 1.29 is 9.90 Å². The molecular weight excluding hydrogens is 252 g/mol. The van der Waals surface area contributed by atoms with Gasteiger partial charge in [0.05, 0.1) is 5.56 Å². The monoisotopic (exact) mass is 270 g/mol. The number of hydrogen-bond donors (Lipinski definition) is 2. The molecule has 1 amide bonds. The van der Waals surface area contributed by atoms with Gasteiger partial charge in [-0.3, -0.25) is 4.79 Å². The molecule has 0 aromatic heterocycles. The van der Waals surface area contributed by atoms with Gasteiger partial charge in [0.15, 0.2) is 0 Å². The van der Waals surface area contributed by atoms with Crippen molar-refractivity contribution >= 4 is 17.5 Å². The molecule has 0 heterocycles. The summed E-state index contributed by atoms with van der Waals surface area (Å²) in [6, 6.07) is 3.06. The molecule has 0 saturated heterocycles. The van der Waals surface area contributed by atoms with Crippen LogP contribution in [0.3, 0.4) is 0 Å². The van der Waals surface area contributed by atoms with Crippen LogP contribution in [0, 0.1) is 0 Å². The number of hydrogen-bond acceptors (Lipinski definition) is 3. The number of carbonyl (C=O) groups is 1. The van der Waals surface area contributed by atoms with E-state index in [1.807, 2.05) is 0 Å². The summed E-state index contributed by atoms with van der Waals surface area (Å²) in [5.41, 5.74) is 5.93. The number of rotatable bonds is 6. The molecule has 1 aromatic carbocycles. The zero-order valence-electron chi connectivity index (χ0n) is 10.7. The Kier molecular flexibility index (Phi) is 5.44. The van der Waals surface area contributed by atoms with E-state index in [-0.39, 0.29) is 11.3 Å². The van der Waals surface area contributed by atoms with E-state index in [2.05, 4.69) is 18.7 Å². The number of primary amides is 1. The first-order valence-electron chi connectivity index (χ1n) is 6.03. The van der Waals surface area contributed by atoms with E-state index in [1.54, 1.807) is 6.07 Å². The van der Waals surface area contributed by atoms with E-state index in [0.29, 0.717) is 17.0 Å². The molecule has 18 heavy (non-hydrogen) atoms. The van der Waals surface area contributed by atoms with Crippen LogP contribution in [0.2, 0.25) is 5.02 Å². The first-order valence-corrected chi connectivity index (χ1v) is 6.40. The minimum Gasteiger partial charge on any atom is -0.507 e. The van der Waals surface area contributed by atoms with Crippen LogP contribution in [0.25, 0.3) is 0 Å². The topological polar surface area (TPSA) is 66.6 Å². The first kappa shape index (κ1) is 14.8. The van der Waals surface area contributed by atoms with Crippen LogP contribution < -0.4 is 5.73 Å². The molecule has 0 aliphatic carbocycles. The molecule has 4 nitrogen and oxygen atoms in total. The maximum Gasteiger partial charge on any atom is 0.252 e. The van der Waals surface area contributed by atoms with Gasteiger partial charge in [0.25, 0.3) is 5.91 Å². The minimum absolute atomic E-state index is 0.0564. The van der Waals surface area contributed by atoms with Crippen molar-refractivity contribution in [3.8, 4) is 5.75 Å². The Bertz CT molecular complexity index is 431. The normalized spacial score (nSPS) is 10.9. The van der Waals surface area contributed by atoms with Crippen LogP contribution in [0.5, 0.6) is 5.75 Å². The van der Waals surface area contributed by atoms with Crippen LogP contribution in [0.15, 0.2) is 12.1 Å². The summed E-state index contributed by atoms with van der Waals surface area (Å²) >= 11 is 5.92. The summed E-state index contributed by atoms with van der Waals surface area (Å²) in [7, 11) is 0. The highest BCUT2D eigenvalue weighted by atomic mass is 35.5. The Balaban J connectivity index is 2.92. The lowest BCUT2D eigenvalue weighted by atomic mass is 10.1. The van der Waals surface area contributed by atoms with E-state index >= 15 is 0 Å². The van der Waals surface area contributed by atoms with E-state index in [9.17, 15) is 9.90 Å². The molecule has 3 N–H and O–H groups in total. The average molecular weight is 271 g/mol. The average Bonchev–Trinajstić information content (AvgIpc) is 2.33. The number of amides is 1. The van der Waals surface area contributed by atoms with Gasteiger partial charge in [0.1, 0.15) is 5.75 Å². The molecule has 0 saturated carbocycles. The number of halogens is 1. The number of likely N-dealkylation sites (N-methyl/N-ethyl adjacent to an activating group) is 1. The van der Waals surface area contributed by atoms with Crippen LogP contribution in [-0.2, 0) is 6.42 Å². The van der Waals surface area contributed by atoms with Gasteiger partial charge in [0.2, 0.25) is 0 Å². The second-order valence-electron chi connectivity index (χ2n) is 4.10. The summed E-state index contributed by atoms with van der Waals surface area (Å²) in [4.78, 5) is 13.4. The molecule has 100 valence electrons. The van der Waals surface area contributed by atoms with Gasteiger partial charge in [-0.05, 0) is 37.2 Å². The van der Waals surface area contributed by atoms with Gasteiger partial charge in [0, 0.05) is 11.6 Å². The van der Waals surface area contributed by atoms with Gasteiger partial charge in [-0.2, -0.15) is 0 Å². The second-order valence-corrected chi connectivity index (χ2v) is 4.54. The molecule has 0 aliphatic rings. The van der Waals surface area contributed by atoms with Gasteiger partial charge >= 0.3 is 0 Å². The van der Waals surface area contributed by atoms with Crippen molar-refractivity contribution in [3.63, 3.8) is 0 Å². The summed E-state index contributed by atoms with van der Waals surface area (Å²) < 4.78 is 0. The maximum absolute atomic E-state index is 11.2. The Labute approximate surface area is 112 Å². The summed E-state index contributed by atoms with van der Waals surface area (Å²) in [5.74, 6) is -0.724. The second kappa shape index (κ2) is 6.61. The standard InChI is InChI=1S/C13H19ClN2O2/c1-3-16(4-2)6-5-9-7-10(14)8-11(12(9)17)13(15)18/h7-8,17H,3-6H2,1-2H3,(H2,15,18). The van der Waals surface area contributed by atoms with Gasteiger partial charge in [-0.1, -0.05) is 25.4 Å². The van der Waals surface area contributed by atoms with Gasteiger partial charge in [-0.15, -0.1) is 0 Å². The molecule has 0 bridgehead atoms. The van der Waals surface area contributed by atoms with E-state index < -0.39 is 5.91 Å². The quantitative estimate of drug-likeness (QED) is 0.831. The fourth-order valence-electron chi connectivity index (χ4n) is 1.85. The SMILES string of the molecule is CCN(CC)CCc1cc(Cl)cc(C(N)=O)c1O. The zero-order valence-corrected chi connectivity index (χ0v) is 11.5. The van der Waals surface area contributed by atoms with Crippen molar-refractivity contribution in [2.45, 2.75) is 20.3 Å². The molecule has 0 unspecified atom stereocenters. The molecule has 0 spiro atoms. The lowest BCUT2D eigenvalue weighted by molar-refractivity contribution is 0.0997. The Morgan fingerprint density at radius 1 is 1.39 bits per heavy atom. The minimum atomic E-state index is -0.668. The predicted molar refractivity (Wildman–Crippen MR) is 73.1 cm³/mol. The third-order valence-corrected chi connectivity index (χ3v) is 3.23. The summed E-state index contributed by atoms with van der Waals surface area (Å²) in [6.07, 6.45) is 0.633. The fraction of sp³-hybridized carbons (Fsp3) is 0.462. The Hall–Kier alpha value is -1.26. The third kappa shape index (κ3) is 3.62. The lowest BCUT2D eigenvalue weighted by Crippen LogP contribution is -2.25. The summed E-state index contributed by atoms with van der Waals surface area (Å²) in [5, 5.41) is 10.4. The molecule has 5 heteroatoms. The van der Waals surface area contributed by atoms with Crippen molar-refractivity contribution in [3.05, 3.63) is 28.3 Å². The Morgan fingerprint density at radius 3 is 2.50 bits per heavy atom. The van der Waals surface area contributed by atoms with Crippen LogP contribution in [-0.4, -0.2) is 35.5 Å². The molecule has 0 radical (unpaired) electrons. The zero-order chi connectivity index (χ0) is 13.7. The number of nitrogens with two attached hydrogens (primary N) is 1. The first-order chi connectivity index (χ1) is 8.49. The van der Waals surface area contributed by atoms with Crippen LogP contribution in [0.1, 0.15) is 29.8 Å². The van der Waals surface area contributed by atoms with E-state index in [4.69, 9.17) is 17.3 Å². The molecular formula is C13H19ClN2O2. The number of nitrogens with zero attached hydrogens (tertiary/aromatic N) is 1. The highest BCUT2D eigenvalue weighted by molar-refractivity contribution is 6.31. The van der Waals surface area contributed by atoms with Gasteiger partial charge in [-0.25, -0.2) is 0 Å². The van der Waals surface area contributed by atoms with Crippen molar-refractivity contribution in [1.29, 1.82) is 0 Å². The van der Waals surface area contributed by atoms with Crippen molar-refractivity contribution in [1.82, 2.24) is 4.90 Å².